The molecule has 1 aromatic carbocycles. The summed E-state index contributed by atoms with van der Waals surface area (Å²) < 4.78 is 25.6. The van der Waals surface area contributed by atoms with Gasteiger partial charge in [-0.05, 0) is 18.1 Å². The third-order valence-electron chi connectivity index (χ3n) is 2.70. The maximum absolute atomic E-state index is 12.1. The number of aliphatic hydroxyl groups excluding tert-OH is 1. The number of unbranched alkanes of at least 4 members (excludes halogenated alkanes) is 1. The SMILES string of the molecule is CCCCN(CCO)S(=O)(=O)/C=C/c1ccccc1. The minimum absolute atomic E-state index is 0.140. The quantitative estimate of drug-likeness (QED) is 0.794. The third kappa shape index (κ3) is 5.55. The zero-order chi connectivity index (χ0) is 14.1. The number of benzene rings is 1. The van der Waals surface area contributed by atoms with Crippen LogP contribution in [0.3, 0.4) is 0 Å². The Balaban J connectivity index is 2.79. The van der Waals surface area contributed by atoms with E-state index in [1.54, 1.807) is 6.08 Å². The molecule has 19 heavy (non-hydrogen) atoms. The fourth-order valence-electron chi connectivity index (χ4n) is 1.63. The highest BCUT2D eigenvalue weighted by atomic mass is 32.2. The van der Waals surface area contributed by atoms with E-state index in [0.717, 1.165) is 18.4 Å². The molecule has 1 N–H and O–H groups in total. The van der Waals surface area contributed by atoms with Gasteiger partial charge in [0.05, 0.1) is 6.61 Å². The van der Waals surface area contributed by atoms with Crippen molar-refractivity contribution in [3.05, 3.63) is 41.3 Å². The third-order valence-corrected chi connectivity index (χ3v) is 4.27. The summed E-state index contributed by atoms with van der Waals surface area (Å²) in [4.78, 5) is 0. The first-order valence-electron chi connectivity index (χ1n) is 6.44. The second-order valence-electron chi connectivity index (χ2n) is 4.23. The van der Waals surface area contributed by atoms with Crippen LogP contribution in [0.5, 0.6) is 0 Å². The Labute approximate surface area is 115 Å². The molecule has 0 bridgehead atoms. The second kappa shape index (κ2) is 8.09. The molecule has 4 nitrogen and oxygen atoms in total. The first-order valence-corrected chi connectivity index (χ1v) is 7.94. The number of hydrogen-bond acceptors (Lipinski definition) is 3. The van der Waals surface area contributed by atoms with Gasteiger partial charge in [-0.15, -0.1) is 0 Å². The fourth-order valence-corrected chi connectivity index (χ4v) is 2.85. The zero-order valence-corrected chi connectivity index (χ0v) is 12.0. The Bertz CT molecular complexity index is 483. The molecule has 0 aromatic heterocycles. The van der Waals surface area contributed by atoms with Crippen LogP contribution in [0.1, 0.15) is 25.3 Å². The molecule has 5 heteroatoms. The molecule has 0 aliphatic heterocycles. The summed E-state index contributed by atoms with van der Waals surface area (Å²) in [5, 5.41) is 10.2. The number of rotatable bonds is 8. The number of hydrogen-bond donors (Lipinski definition) is 1. The van der Waals surface area contributed by atoms with Crippen molar-refractivity contribution in [2.45, 2.75) is 19.8 Å². The minimum atomic E-state index is -3.46. The van der Waals surface area contributed by atoms with E-state index in [4.69, 9.17) is 5.11 Å². The normalized spacial score (nSPS) is 12.4. The largest absolute Gasteiger partial charge is 0.395 e. The van der Waals surface area contributed by atoms with Crippen LogP contribution in [0.4, 0.5) is 0 Å². The maximum Gasteiger partial charge on any atom is 0.236 e. The number of aliphatic hydroxyl groups is 1. The standard InChI is InChI=1S/C14H21NO3S/c1-2-3-10-15(11-12-16)19(17,18)13-9-14-7-5-4-6-8-14/h4-9,13,16H,2-3,10-12H2,1H3/b13-9+. The Morgan fingerprint density at radius 2 is 1.89 bits per heavy atom. The zero-order valence-electron chi connectivity index (χ0n) is 11.2. The van der Waals surface area contributed by atoms with Crippen molar-refractivity contribution < 1.29 is 13.5 Å². The van der Waals surface area contributed by atoms with E-state index >= 15 is 0 Å². The molecule has 0 saturated heterocycles. The van der Waals surface area contributed by atoms with Crippen molar-refractivity contribution in [1.82, 2.24) is 4.31 Å². The predicted octanol–water partition coefficient (Wildman–Crippen LogP) is 2.08. The van der Waals surface area contributed by atoms with Gasteiger partial charge in [-0.25, -0.2) is 8.42 Å². The summed E-state index contributed by atoms with van der Waals surface area (Å²) in [5.41, 5.74) is 0.838. The highest BCUT2D eigenvalue weighted by Crippen LogP contribution is 2.09. The van der Waals surface area contributed by atoms with Crippen LogP contribution in [0.2, 0.25) is 0 Å². The van der Waals surface area contributed by atoms with Crippen LogP contribution in [-0.4, -0.2) is 37.5 Å². The lowest BCUT2D eigenvalue weighted by molar-refractivity contribution is 0.253. The Hall–Kier alpha value is -1.17. The lowest BCUT2D eigenvalue weighted by Crippen LogP contribution is -2.32. The maximum atomic E-state index is 12.1. The Morgan fingerprint density at radius 3 is 2.47 bits per heavy atom. The average molecular weight is 283 g/mol. The average Bonchev–Trinajstić information content (AvgIpc) is 2.42. The van der Waals surface area contributed by atoms with Gasteiger partial charge < -0.3 is 5.11 Å². The van der Waals surface area contributed by atoms with Crippen LogP contribution in [-0.2, 0) is 10.0 Å². The van der Waals surface area contributed by atoms with Gasteiger partial charge in [0, 0.05) is 18.5 Å². The highest BCUT2D eigenvalue weighted by molar-refractivity contribution is 7.92. The van der Waals surface area contributed by atoms with E-state index in [2.05, 4.69) is 0 Å². The molecule has 0 spiro atoms. The van der Waals surface area contributed by atoms with Gasteiger partial charge in [0.25, 0.3) is 0 Å². The molecule has 0 amide bonds. The first kappa shape index (κ1) is 15.9. The van der Waals surface area contributed by atoms with Gasteiger partial charge in [-0.3, -0.25) is 0 Å². The first-order chi connectivity index (χ1) is 9.10. The van der Waals surface area contributed by atoms with Crippen molar-refractivity contribution in [2.24, 2.45) is 0 Å². The molecule has 0 unspecified atom stereocenters. The molecule has 1 rings (SSSR count). The van der Waals surface area contributed by atoms with Crippen LogP contribution in [0.15, 0.2) is 35.7 Å². The summed E-state index contributed by atoms with van der Waals surface area (Å²) in [6.07, 6.45) is 3.28. The van der Waals surface area contributed by atoms with Crippen molar-refractivity contribution in [3.8, 4) is 0 Å². The van der Waals surface area contributed by atoms with Gasteiger partial charge in [0.2, 0.25) is 10.0 Å². The Kier molecular flexibility index (Phi) is 6.77. The van der Waals surface area contributed by atoms with Gasteiger partial charge in [-0.2, -0.15) is 4.31 Å². The molecule has 1 aromatic rings. The summed E-state index contributed by atoms with van der Waals surface area (Å²) in [6.45, 7) is 2.42. The summed E-state index contributed by atoms with van der Waals surface area (Å²) in [5.74, 6) is 0. The smallest absolute Gasteiger partial charge is 0.236 e. The molecule has 0 saturated carbocycles. The molecular weight excluding hydrogens is 262 g/mol. The van der Waals surface area contributed by atoms with Crippen LogP contribution < -0.4 is 0 Å². The van der Waals surface area contributed by atoms with Crippen molar-refractivity contribution in [1.29, 1.82) is 0 Å². The van der Waals surface area contributed by atoms with Crippen LogP contribution in [0, 0.1) is 0 Å². The van der Waals surface area contributed by atoms with Crippen LogP contribution >= 0.6 is 0 Å². The fraction of sp³-hybridized carbons (Fsp3) is 0.429. The molecule has 0 aliphatic carbocycles. The van der Waals surface area contributed by atoms with Crippen molar-refractivity contribution >= 4 is 16.1 Å². The van der Waals surface area contributed by atoms with Crippen molar-refractivity contribution in [3.63, 3.8) is 0 Å². The molecule has 0 atom stereocenters. The second-order valence-corrected chi connectivity index (χ2v) is 6.05. The lowest BCUT2D eigenvalue weighted by Gasteiger charge is -2.18. The summed E-state index contributed by atoms with van der Waals surface area (Å²) >= 11 is 0. The molecular formula is C14H21NO3S. The van der Waals surface area contributed by atoms with E-state index in [-0.39, 0.29) is 13.2 Å². The van der Waals surface area contributed by atoms with Crippen LogP contribution in [0.25, 0.3) is 6.08 Å². The summed E-state index contributed by atoms with van der Waals surface area (Å²) in [6, 6.07) is 9.28. The molecule has 0 radical (unpaired) electrons. The van der Waals surface area contributed by atoms with E-state index < -0.39 is 10.0 Å². The molecule has 0 aliphatic rings. The lowest BCUT2D eigenvalue weighted by atomic mass is 10.2. The molecule has 0 fully saturated rings. The van der Waals surface area contributed by atoms with Gasteiger partial charge in [0.15, 0.2) is 0 Å². The number of nitrogens with zero attached hydrogens (tertiary/aromatic N) is 1. The van der Waals surface area contributed by atoms with E-state index in [0.29, 0.717) is 6.54 Å². The van der Waals surface area contributed by atoms with E-state index in [1.807, 2.05) is 37.3 Å². The van der Waals surface area contributed by atoms with Gasteiger partial charge in [-0.1, -0.05) is 43.7 Å². The van der Waals surface area contributed by atoms with Crippen molar-refractivity contribution in [2.75, 3.05) is 19.7 Å². The van der Waals surface area contributed by atoms with E-state index in [9.17, 15) is 8.42 Å². The van der Waals surface area contributed by atoms with Gasteiger partial charge >= 0.3 is 0 Å². The minimum Gasteiger partial charge on any atom is -0.395 e. The highest BCUT2D eigenvalue weighted by Gasteiger charge is 2.17. The molecule has 0 heterocycles. The monoisotopic (exact) mass is 283 g/mol. The summed E-state index contributed by atoms with van der Waals surface area (Å²) in [7, 11) is -3.46. The van der Waals surface area contributed by atoms with Gasteiger partial charge in [0.1, 0.15) is 0 Å². The topological polar surface area (TPSA) is 57.6 Å². The Morgan fingerprint density at radius 1 is 1.21 bits per heavy atom. The molecule has 106 valence electrons. The predicted molar refractivity (Wildman–Crippen MR) is 78.0 cm³/mol. The van der Waals surface area contributed by atoms with E-state index in [1.165, 1.54) is 9.71 Å². The number of sulfonamides is 1.